The van der Waals surface area contributed by atoms with Gasteiger partial charge in [0, 0.05) is 57.5 Å². The van der Waals surface area contributed by atoms with E-state index in [0.717, 1.165) is 18.0 Å². The maximum atomic E-state index is 13.9. The number of aromatic nitrogens is 4. The summed E-state index contributed by atoms with van der Waals surface area (Å²) in [6.45, 7) is 3.52. The average Bonchev–Trinajstić information content (AvgIpc) is 3.32. The summed E-state index contributed by atoms with van der Waals surface area (Å²) in [4.78, 5) is 14.8. The molecule has 1 aliphatic rings. The van der Waals surface area contributed by atoms with Crippen molar-refractivity contribution < 1.29 is 22.3 Å². The Balaban J connectivity index is 1.58. The molecule has 38 heavy (non-hydrogen) atoms. The molecule has 1 aliphatic heterocycles. The van der Waals surface area contributed by atoms with Gasteiger partial charge in [-0.1, -0.05) is 0 Å². The molecule has 0 bridgehead atoms. The Morgan fingerprint density at radius 2 is 1.97 bits per heavy atom. The van der Waals surface area contributed by atoms with Crippen LogP contribution in [0.3, 0.4) is 0 Å². The Morgan fingerprint density at radius 1 is 1.21 bits per heavy atom. The van der Waals surface area contributed by atoms with Crippen molar-refractivity contribution in [2.24, 2.45) is 0 Å². The van der Waals surface area contributed by atoms with Gasteiger partial charge in [-0.3, -0.25) is 0 Å². The number of anilines is 2. The first kappa shape index (κ1) is 27.3. The van der Waals surface area contributed by atoms with E-state index in [1.165, 1.54) is 12.4 Å². The molecule has 1 saturated heterocycles. The lowest BCUT2D eigenvalue weighted by atomic mass is 9.95. The van der Waals surface area contributed by atoms with Gasteiger partial charge in [-0.05, 0) is 31.0 Å². The van der Waals surface area contributed by atoms with Crippen LogP contribution in [0.25, 0.3) is 11.3 Å². The van der Waals surface area contributed by atoms with Crippen LogP contribution in [0.5, 0.6) is 0 Å². The van der Waals surface area contributed by atoms with E-state index < -0.39 is 17.6 Å². The van der Waals surface area contributed by atoms with E-state index in [1.807, 2.05) is 9.47 Å². The third-order valence-corrected chi connectivity index (χ3v) is 6.52. The second-order valence-electron chi connectivity index (χ2n) is 8.94. The highest BCUT2D eigenvalue weighted by Gasteiger charge is 2.35. The molecule has 0 unspecified atom stereocenters. The lowest BCUT2D eigenvalue weighted by molar-refractivity contribution is -0.139. The molecule has 3 aromatic rings. The van der Waals surface area contributed by atoms with Gasteiger partial charge in [-0.25, -0.2) is 19.3 Å². The summed E-state index contributed by atoms with van der Waals surface area (Å²) in [6, 6.07) is 4.99. The van der Waals surface area contributed by atoms with Gasteiger partial charge in [0.25, 0.3) is 0 Å². The lowest BCUT2D eigenvalue weighted by Gasteiger charge is -2.33. The number of hydrogen-bond donors (Lipinski definition) is 2. The maximum absolute atomic E-state index is 13.9. The van der Waals surface area contributed by atoms with Crippen molar-refractivity contribution in [2.75, 3.05) is 50.5 Å². The number of rotatable bonds is 9. The molecule has 0 amide bonds. The molecule has 2 aromatic heterocycles. The predicted molar refractivity (Wildman–Crippen MR) is 133 cm³/mol. The van der Waals surface area contributed by atoms with Crippen LogP contribution in [-0.2, 0) is 17.5 Å². The molecule has 202 valence electrons. The second-order valence-corrected chi connectivity index (χ2v) is 8.94. The number of ether oxygens (including phenoxy) is 1. The van der Waals surface area contributed by atoms with E-state index in [4.69, 9.17) is 15.5 Å². The highest BCUT2D eigenvalue weighted by atomic mass is 19.4. The van der Waals surface area contributed by atoms with E-state index in [9.17, 15) is 22.8 Å². The van der Waals surface area contributed by atoms with Crippen LogP contribution in [0, 0.1) is 17.1 Å². The van der Waals surface area contributed by atoms with Crippen LogP contribution in [0.2, 0.25) is 0 Å². The Morgan fingerprint density at radius 3 is 2.66 bits per heavy atom. The lowest BCUT2D eigenvalue weighted by Crippen LogP contribution is -2.35. The molecular weight excluding hydrogens is 504 g/mol. The number of halogens is 4. The van der Waals surface area contributed by atoms with E-state index in [-0.39, 0.29) is 22.9 Å². The zero-order valence-electron chi connectivity index (χ0n) is 20.8. The van der Waals surface area contributed by atoms with E-state index in [0.29, 0.717) is 63.7 Å². The summed E-state index contributed by atoms with van der Waals surface area (Å²) in [5, 5.41) is 12.7. The van der Waals surface area contributed by atoms with Crippen LogP contribution in [0.1, 0.15) is 35.7 Å². The Labute approximate surface area is 217 Å². The number of nitrogens with two attached hydrogens (primary N) is 1. The number of nitrogens with zero attached hydrogens (tertiary/aromatic N) is 6. The zero-order chi connectivity index (χ0) is 27.3. The van der Waals surface area contributed by atoms with Gasteiger partial charge >= 0.3 is 6.18 Å². The molecular formula is C25H28F4N8O. The number of imidazole rings is 1. The quantitative estimate of drug-likeness (QED) is 0.317. The van der Waals surface area contributed by atoms with Crippen LogP contribution in [0.15, 0.2) is 30.7 Å². The molecule has 9 nitrogen and oxygen atoms in total. The van der Waals surface area contributed by atoms with Gasteiger partial charge in [0.15, 0.2) is 5.82 Å². The van der Waals surface area contributed by atoms with E-state index in [1.54, 1.807) is 13.3 Å². The smallest absolute Gasteiger partial charge is 0.383 e. The minimum absolute atomic E-state index is 0.0197. The fraction of sp³-hybridized carbons (Fsp3) is 0.440. The summed E-state index contributed by atoms with van der Waals surface area (Å²) < 4.78 is 60.8. The van der Waals surface area contributed by atoms with Gasteiger partial charge in [0.2, 0.25) is 0 Å². The van der Waals surface area contributed by atoms with E-state index >= 15 is 0 Å². The van der Waals surface area contributed by atoms with E-state index in [2.05, 4.69) is 21.4 Å². The first-order valence-corrected chi connectivity index (χ1v) is 12.1. The van der Waals surface area contributed by atoms with Crippen molar-refractivity contribution in [3.8, 4) is 17.3 Å². The molecule has 0 spiro atoms. The van der Waals surface area contributed by atoms with Crippen LogP contribution in [0.4, 0.5) is 29.2 Å². The average molecular weight is 533 g/mol. The van der Waals surface area contributed by atoms with Crippen LogP contribution < -0.4 is 16.0 Å². The molecule has 1 fully saturated rings. The molecule has 0 aliphatic carbocycles. The van der Waals surface area contributed by atoms with Gasteiger partial charge in [0.1, 0.15) is 35.4 Å². The third kappa shape index (κ3) is 6.03. The van der Waals surface area contributed by atoms with Gasteiger partial charge in [-0.2, -0.15) is 18.4 Å². The van der Waals surface area contributed by atoms with Crippen molar-refractivity contribution in [2.45, 2.75) is 31.5 Å². The van der Waals surface area contributed by atoms with Gasteiger partial charge < -0.3 is 25.3 Å². The summed E-state index contributed by atoms with van der Waals surface area (Å²) in [5.74, 6) is 0.0480. The largest absolute Gasteiger partial charge is 0.419 e. The van der Waals surface area contributed by atoms with Crippen molar-refractivity contribution in [3.63, 3.8) is 0 Å². The zero-order valence-corrected chi connectivity index (χ0v) is 20.8. The van der Waals surface area contributed by atoms with Crippen LogP contribution in [-0.4, -0.2) is 59.4 Å². The monoisotopic (exact) mass is 532 g/mol. The number of hydrogen-bond acceptors (Lipinski definition) is 8. The third-order valence-electron chi connectivity index (χ3n) is 6.52. The number of piperidine rings is 1. The van der Waals surface area contributed by atoms with Crippen LogP contribution >= 0.6 is 0 Å². The fourth-order valence-electron chi connectivity index (χ4n) is 4.56. The Bertz CT molecular complexity index is 1300. The maximum Gasteiger partial charge on any atom is 0.419 e. The summed E-state index contributed by atoms with van der Waals surface area (Å²) in [5.41, 5.74) is 5.29. The fourth-order valence-corrected chi connectivity index (χ4v) is 4.56. The van der Waals surface area contributed by atoms with Gasteiger partial charge in [0.05, 0.1) is 17.9 Å². The highest BCUT2D eigenvalue weighted by Crippen LogP contribution is 2.36. The van der Waals surface area contributed by atoms with Gasteiger partial charge in [-0.15, -0.1) is 0 Å². The second kappa shape index (κ2) is 11.7. The predicted octanol–water partition coefficient (Wildman–Crippen LogP) is 3.57. The molecule has 0 atom stereocenters. The van der Waals surface area contributed by atoms with Crippen molar-refractivity contribution >= 4 is 11.6 Å². The molecule has 0 saturated carbocycles. The minimum Gasteiger partial charge on any atom is -0.383 e. The summed E-state index contributed by atoms with van der Waals surface area (Å²) >= 11 is 0. The molecule has 3 heterocycles. The number of nitriles is 1. The van der Waals surface area contributed by atoms with Crippen molar-refractivity contribution in [1.29, 1.82) is 5.26 Å². The standard InChI is InChI=1S/C25H28F4N8O/c1-38-11-7-32-6-10-37-14-21(17-2-3-20(26)19(12-17)25(27,28)29)35-23(37)16-4-8-36(9-5-16)24-18(13-30)22(31)33-15-34-24/h2-3,12,14-16,32H,4-11H2,1H3,(H2,31,33,34). The Hall–Kier alpha value is -3.76. The number of nitrogens with one attached hydrogen (secondary N) is 1. The van der Waals surface area contributed by atoms with Crippen molar-refractivity contribution in [3.05, 3.63) is 53.5 Å². The highest BCUT2D eigenvalue weighted by molar-refractivity contribution is 5.63. The summed E-state index contributed by atoms with van der Waals surface area (Å²) in [6.07, 6.45) is -0.410. The summed E-state index contributed by atoms with van der Waals surface area (Å²) in [7, 11) is 1.61. The minimum atomic E-state index is -4.81. The SMILES string of the molecule is COCCNCCn1cc(-c2ccc(F)c(C(F)(F)F)c2)nc1C1CCN(c2ncnc(N)c2C#N)CC1. The normalized spacial score (nSPS) is 14.6. The molecule has 4 rings (SSSR count). The topological polar surface area (TPSA) is 118 Å². The first-order valence-electron chi connectivity index (χ1n) is 12.1. The number of benzene rings is 1. The Kier molecular flexibility index (Phi) is 8.43. The number of methoxy groups -OCH3 is 1. The first-order chi connectivity index (χ1) is 18.2. The molecule has 1 aromatic carbocycles. The molecule has 3 N–H and O–H groups in total. The number of alkyl halides is 3. The van der Waals surface area contributed by atoms with Crippen molar-refractivity contribution in [1.82, 2.24) is 24.8 Å². The molecule has 0 radical (unpaired) electrons. The molecule has 13 heteroatoms. The number of nitrogen functional groups attached to an aromatic ring is 1.